The van der Waals surface area contributed by atoms with Gasteiger partial charge in [-0.2, -0.15) is 0 Å². The summed E-state index contributed by atoms with van der Waals surface area (Å²) in [6, 6.07) is 8.72. The molecule has 0 aromatic carbocycles. The molecule has 0 aromatic rings. The minimum Gasteiger partial charge on any atom is -0.324 e. The topological polar surface area (TPSA) is 32.3 Å². The Hall–Kier alpha value is -1.87. The lowest BCUT2D eigenvalue weighted by molar-refractivity contribution is -0.117. The smallest absolute Gasteiger partial charge is 0.238 e. The number of rotatable bonds is 6. The second-order valence-corrected chi connectivity index (χ2v) is 6.85. The molecule has 1 amide bonds. The van der Waals surface area contributed by atoms with Crippen molar-refractivity contribution in [1.29, 1.82) is 0 Å². The van der Waals surface area contributed by atoms with Crippen molar-refractivity contribution in [2.75, 3.05) is 25.0 Å². The molecule has 2 rings (SSSR count). The SMILES string of the molecule is CCN(CC)CC(=O)Nc1cc(C)c2cc(C(C)C)ccc(C)c1-2. The van der Waals surface area contributed by atoms with Gasteiger partial charge in [0.2, 0.25) is 5.91 Å². The van der Waals surface area contributed by atoms with Gasteiger partial charge in [0, 0.05) is 11.3 Å². The molecule has 3 nitrogen and oxygen atoms in total. The second-order valence-electron chi connectivity index (χ2n) is 6.85. The highest BCUT2D eigenvalue weighted by atomic mass is 16.2. The van der Waals surface area contributed by atoms with Crippen LogP contribution in [0.25, 0.3) is 11.1 Å². The van der Waals surface area contributed by atoms with Crippen LogP contribution in [0.3, 0.4) is 0 Å². The van der Waals surface area contributed by atoms with E-state index in [1.807, 2.05) is 0 Å². The van der Waals surface area contributed by atoms with Crippen molar-refractivity contribution >= 4 is 11.6 Å². The Bertz CT molecular complexity index is 687. The van der Waals surface area contributed by atoms with E-state index < -0.39 is 0 Å². The summed E-state index contributed by atoms with van der Waals surface area (Å²) in [5.74, 6) is 0.538. The van der Waals surface area contributed by atoms with Crippen LogP contribution in [0.2, 0.25) is 0 Å². The number of likely N-dealkylation sites (N-methyl/N-ethyl adjacent to an activating group) is 1. The van der Waals surface area contributed by atoms with Gasteiger partial charge in [-0.05, 0) is 61.2 Å². The van der Waals surface area contributed by atoms with E-state index in [4.69, 9.17) is 0 Å². The molecule has 0 unspecified atom stereocenters. The van der Waals surface area contributed by atoms with Crippen LogP contribution in [0.15, 0.2) is 24.3 Å². The maximum atomic E-state index is 12.4. The molecule has 3 heteroatoms. The van der Waals surface area contributed by atoms with Crippen molar-refractivity contribution < 1.29 is 4.79 Å². The number of anilines is 1. The van der Waals surface area contributed by atoms with E-state index in [1.165, 1.54) is 22.3 Å². The number of carbonyl (C=O) groups is 1. The minimum absolute atomic E-state index is 0.0561. The van der Waals surface area contributed by atoms with Crippen molar-refractivity contribution in [3.8, 4) is 11.1 Å². The van der Waals surface area contributed by atoms with Gasteiger partial charge in [0.05, 0.1) is 6.54 Å². The van der Waals surface area contributed by atoms with Crippen molar-refractivity contribution in [3.05, 3.63) is 41.0 Å². The first-order chi connectivity index (χ1) is 11.4. The third-order valence-electron chi connectivity index (χ3n) is 4.76. The van der Waals surface area contributed by atoms with Crippen LogP contribution in [0.5, 0.6) is 0 Å². The molecule has 2 aliphatic rings. The number of hydrogen-bond donors (Lipinski definition) is 1. The molecular formula is C21H30N2O. The Morgan fingerprint density at radius 2 is 1.75 bits per heavy atom. The average Bonchev–Trinajstić information content (AvgIpc) is 2.71. The highest BCUT2D eigenvalue weighted by molar-refractivity contribution is 5.99. The number of hydrogen-bond acceptors (Lipinski definition) is 2. The zero-order valence-electron chi connectivity index (χ0n) is 15.9. The molecule has 1 N–H and O–H groups in total. The van der Waals surface area contributed by atoms with Crippen molar-refractivity contribution in [1.82, 2.24) is 4.90 Å². The summed E-state index contributed by atoms with van der Waals surface area (Å²) in [7, 11) is 0. The van der Waals surface area contributed by atoms with Gasteiger partial charge in [0.15, 0.2) is 0 Å². The molecule has 0 fully saturated rings. The number of nitrogens with one attached hydrogen (secondary N) is 1. The van der Waals surface area contributed by atoms with E-state index in [9.17, 15) is 4.79 Å². The second kappa shape index (κ2) is 7.80. The molecule has 0 heterocycles. The van der Waals surface area contributed by atoms with Gasteiger partial charge in [-0.25, -0.2) is 0 Å². The lowest BCUT2D eigenvalue weighted by atomic mass is 10.0. The van der Waals surface area contributed by atoms with Crippen LogP contribution in [0.1, 0.15) is 50.3 Å². The standard InChI is InChI=1S/C21H30N2O/c1-7-23(8-2)13-20(24)22-19-11-16(6)18-12-17(14(3)4)10-9-15(5)21(18)19/h9-12,14H,7-8,13H2,1-6H3,(H,22,24). The molecule has 0 atom stereocenters. The van der Waals surface area contributed by atoms with Crippen LogP contribution in [0, 0.1) is 13.8 Å². The Labute approximate surface area is 146 Å². The predicted molar refractivity (Wildman–Crippen MR) is 103 cm³/mol. The molecule has 24 heavy (non-hydrogen) atoms. The summed E-state index contributed by atoms with van der Waals surface area (Å²) < 4.78 is 0. The minimum atomic E-state index is 0.0561. The summed E-state index contributed by atoms with van der Waals surface area (Å²) in [5.41, 5.74) is 7.06. The molecule has 0 spiro atoms. The fourth-order valence-corrected chi connectivity index (χ4v) is 3.14. The van der Waals surface area contributed by atoms with Crippen LogP contribution >= 0.6 is 0 Å². The van der Waals surface area contributed by atoms with Gasteiger partial charge in [-0.15, -0.1) is 0 Å². The summed E-state index contributed by atoms with van der Waals surface area (Å²) >= 11 is 0. The first kappa shape index (κ1) is 18.5. The summed E-state index contributed by atoms with van der Waals surface area (Å²) in [6.07, 6.45) is 0. The molecule has 130 valence electrons. The quantitative estimate of drug-likeness (QED) is 0.826. The van der Waals surface area contributed by atoms with E-state index >= 15 is 0 Å². The monoisotopic (exact) mass is 326 g/mol. The predicted octanol–water partition coefficient (Wildman–Crippen LogP) is 4.81. The third-order valence-corrected chi connectivity index (χ3v) is 4.76. The highest BCUT2D eigenvalue weighted by Crippen LogP contribution is 2.39. The van der Waals surface area contributed by atoms with Gasteiger partial charge >= 0.3 is 0 Å². The molecule has 0 saturated heterocycles. The zero-order chi connectivity index (χ0) is 17.9. The summed E-state index contributed by atoms with van der Waals surface area (Å²) in [4.78, 5) is 14.5. The summed E-state index contributed by atoms with van der Waals surface area (Å²) in [5, 5.41) is 3.13. The number of amides is 1. The van der Waals surface area contributed by atoms with E-state index in [1.54, 1.807) is 0 Å². The van der Waals surface area contributed by atoms with Gasteiger partial charge in [0.1, 0.15) is 0 Å². The van der Waals surface area contributed by atoms with E-state index in [0.717, 1.165) is 24.3 Å². The van der Waals surface area contributed by atoms with Crippen molar-refractivity contribution in [3.63, 3.8) is 0 Å². The van der Waals surface area contributed by atoms with Gasteiger partial charge < -0.3 is 5.32 Å². The van der Waals surface area contributed by atoms with E-state index in [-0.39, 0.29) is 5.91 Å². The lowest BCUT2D eigenvalue weighted by Gasteiger charge is -2.17. The molecular weight excluding hydrogens is 296 g/mol. The van der Waals surface area contributed by atoms with Crippen LogP contribution < -0.4 is 5.32 Å². The molecule has 0 aliphatic heterocycles. The molecule has 0 aromatic heterocycles. The number of carbonyl (C=O) groups excluding carboxylic acids is 1. The van der Waals surface area contributed by atoms with E-state index in [2.05, 4.69) is 76.0 Å². The fourth-order valence-electron chi connectivity index (χ4n) is 3.14. The largest absolute Gasteiger partial charge is 0.324 e. The lowest BCUT2D eigenvalue weighted by Crippen LogP contribution is -2.32. The average molecular weight is 326 g/mol. The maximum absolute atomic E-state index is 12.4. The molecule has 0 radical (unpaired) electrons. The third kappa shape index (κ3) is 3.96. The van der Waals surface area contributed by atoms with Gasteiger partial charge in [-0.1, -0.05) is 45.9 Å². The first-order valence-corrected chi connectivity index (χ1v) is 8.93. The fraction of sp³-hybridized carbons (Fsp3) is 0.476. The molecule has 2 aliphatic carbocycles. The Morgan fingerprint density at radius 1 is 1.08 bits per heavy atom. The highest BCUT2D eigenvalue weighted by Gasteiger charge is 2.18. The van der Waals surface area contributed by atoms with Gasteiger partial charge in [-0.3, -0.25) is 9.69 Å². The van der Waals surface area contributed by atoms with Crippen LogP contribution in [-0.2, 0) is 4.79 Å². The molecule has 0 bridgehead atoms. The van der Waals surface area contributed by atoms with Crippen LogP contribution in [0.4, 0.5) is 5.69 Å². The van der Waals surface area contributed by atoms with Crippen LogP contribution in [-0.4, -0.2) is 30.4 Å². The maximum Gasteiger partial charge on any atom is 0.238 e. The number of fused-ring (bicyclic) bond motifs is 1. The molecule has 0 saturated carbocycles. The van der Waals surface area contributed by atoms with Gasteiger partial charge in [0.25, 0.3) is 0 Å². The Morgan fingerprint density at radius 3 is 2.33 bits per heavy atom. The normalized spacial score (nSPS) is 11.5. The zero-order valence-corrected chi connectivity index (χ0v) is 15.9. The van der Waals surface area contributed by atoms with E-state index in [0.29, 0.717) is 12.5 Å². The number of nitrogens with zero attached hydrogens (tertiary/aromatic N) is 1. The Balaban J connectivity index is 2.36. The summed E-state index contributed by atoms with van der Waals surface area (Å²) in [6.45, 7) is 15.0. The number of aryl methyl sites for hydroxylation is 2. The first-order valence-electron chi connectivity index (χ1n) is 8.93. The van der Waals surface area contributed by atoms with Crippen molar-refractivity contribution in [2.45, 2.75) is 47.5 Å². The Kier molecular flexibility index (Phi) is 6.00. The van der Waals surface area contributed by atoms with Crippen molar-refractivity contribution in [2.24, 2.45) is 0 Å².